The zero-order valence-electron chi connectivity index (χ0n) is 14.2. The lowest BCUT2D eigenvalue weighted by atomic mass is 10.1. The molecule has 7 nitrogen and oxygen atoms in total. The lowest BCUT2D eigenvalue weighted by molar-refractivity contribution is 0.0950. The van der Waals surface area contributed by atoms with Gasteiger partial charge < -0.3 is 5.32 Å². The maximum Gasteiger partial charge on any atom is 0.253 e. The molecule has 0 spiro atoms. The van der Waals surface area contributed by atoms with Crippen molar-refractivity contribution in [2.75, 3.05) is 12.8 Å². The summed E-state index contributed by atoms with van der Waals surface area (Å²) in [5.74, 6) is -0.192. The van der Waals surface area contributed by atoms with Gasteiger partial charge in [0.2, 0.25) is 0 Å². The molecule has 0 unspecified atom stereocenters. The minimum Gasteiger partial charge on any atom is -0.346 e. The van der Waals surface area contributed by atoms with Crippen LogP contribution in [0, 0.1) is 0 Å². The summed E-state index contributed by atoms with van der Waals surface area (Å²) >= 11 is 0. The Labute approximate surface area is 147 Å². The van der Waals surface area contributed by atoms with Crippen molar-refractivity contribution < 1.29 is 13.2 Å². The first kappa shape index (κ1) is 17.5. The number of hydrogen-bond acceptors (Lipinski definition) is 6. The first-order chi connectivity index (χ1) is 11.9. The number of carbonyl (C=O) groups excluding carboxylic acids is 1. The Morgan fingerprint density at radius 1 is 1.24 bits per heavy atom. The van der Waals surface area contributed by atoms with Crippen LogP contribution in [0.5, 0.6) is 0 Å². The number of carbonyl (C=O) groups is 1. The van der Waals surface area contributed by atoms with Crippen molar-refractivity contribution in [3.8, 4) is 0 Å². The van der Waals surface area contributed by atoms with Crippen molar-refractivity contribution in [3.05, 3.63) is 53.1 Å². The number of fused-ring (bicyclic) bond motifs is 1. The molecule has 3 rings (SSSR count). The zero-order valence-corrected chi connectivity index (χ0v) is 15.0. The van der Waals surface area contributed by atoms with Crippen molar-refractivity contribution in [2.45, 2.75) is 31.5 Å². The number of rotatable bonds is 5. The van der Waals surface area contributed by atoms with Crippen LogP contribution in [0.25, 0.3) is 0 Å². The Hall–Kier alpha value is -2.32. The third kappa shape index (κ3) is 3.85. The van der Waals surface area contributed by atoms with Gasteiger partial charge in [-0.15, -0.1) is 0 Å². The highest BCUT2D eigenvalue weighted by molar-refractivity contribution is 7.91. The second-order valence-corrected chi connectivity index (χ2v) is 8.35. The number of amides is 1. The second-order valence-electron chi connectivity index (χ2n) is 6.07. The van der Waals surface area contributed by atoms with Gasteiger partial charge in [0.25, 0.3) is 5.91 Å². The quantitative estimate of drug-likeness (QED) is 0.860. The first-order valence-corrected chi connectivity index (χ1v) is 9.66. The Kier molecular flexibility index (Phi) is 4.82. The summed E-state index contributed by atoms with van der Waals surface area (Å²) in [7, 11) is -1.25. The molecule has 0 atom stereocenters. The van der Waals surface area contributed by atoms with Gasteiger partial charge in [0.1, 0.15) is 0 Å². The fourth-order valence-corrected chi connectivity index (χ4v) is 3.51. The number of nitrogens with zero attached hydrogens (tertiary/aromatic N) is 3. The van der Waals surface area contributed by atoms with Gasteiger partial charge in [-0.25, -0.2) is 8.42 Å². The number of sulfone groups is 1. The number of nitrogens with one attached hydrogen (secondary N) is 1. The third-order valence-electron chi connectivity index (χ3n) is 4.15. The van der Waals surface area contributed by atoms with Crippen molar-refractivity contribution in [3.63, 3.8) is 0 Å². The number of hydrogen-bond donors (Lipinski definition) is 1. The van der Waals surface area contributed by atoms with E-state index in [2.05, 4.69) is 20.2 Å². The minimum atomic E-state index is -3.26. The normalized spacial score (nSPS) is 14.3. The molecule has 1 aliphatic rings. The lowest BCUT2D eigenvalue weighted by Crippen LogP contribution is -2.23. The van der Waals surface area contributed by atoms with Crippen LogP contribution in [0.15, 0.2) is 35.5 Å². The number of pyridine rings is 2. The highest BCUT2D eigenvalue weighted by Gasteiger charge is 2.19. The summed E-state index contributed by atoms with van der Waals surface area (Å²) in [6, 6.07) is 4.99. The van der Waals surface area contributed by atoms with E-state index in [1.54, 1.807) is 19.2 Å². The maximum absolute atomic E-state index is 12.3. The van der Waals surface area contributed by atoms with Crippen molar-refractivity contribution in [2.24, 2.45) is 0 Å². The van der Waals surface area contributed by atoms with Gasteiger partial charge in [0, 0.05) is 25.5 Å². The van der Waals surface area contributed by atoms with Crippen LogP contribution in [0.4, 0.5) is 0 Å². The summed E-state index contributed by atoms with van der Waals surface area (Å²) in [6.45, 7) is 3.40. The van der Waals surface area contributed by atoms with E-state index in [1.165, 1.54) is 12.3 Å². The van der Waals surface area contributed by atoms with E-state index in [1.807, 2.05) is 13.1 Å². The van der Waals surface area contributed by atoms with Crippen LogP contribution < -0.4 is 5.32 Å². The topological polar surface area (TPSA) is 92.3 Å². The smallest absolute Gasteiger partial charge is 0.253 e. The SMILES string of the molecule is CCS(=O)(=O)c1ccc(CNC(=O)c2cnc3c(c2)CN(C)C3)nc1. The predicted molar refractivity (Wildman–Crippen MR) is 92.5 cm³/mol. The Morgan fingerprint density at radius 3 is 2.72 bits per heavy atom. The molecule has 0 radical (unpaired) electrons. The zero-order chi connectivity index (χ0) is 18.0. The van der Waals surface area contributed by atoms with Crippen molar-refractivity contribution in [1.82, 2.24) is 20.2 Å². The Balaban J connectivity index is 1.64. The highest BCUT2D eigenvalue weighted by atomic mass is 32.2. The van der Waals surface area contributed by atoms with Crippen molar-refractivity contribution in [1.29, 1.82) is 0 Å². The van der Waals surface area contributed by atoms with E-state index in [0.29, 0.717) is 11.3 Å². The van der Waals surface area contributed by atoms with E-state index in [4.69, 9.17) is 0 Å². The standard InChI is InChI=1S/C17H20N4O3S/c1-3-25(23,24)15-5-4-14(18-9-15)8-20-17(22)12-6-13-10-21(2)11-16(13)19-7-12/h4-7,9H,3,8,10-11H2,1-2H3,(H,20,22). The molecule has 25 heavy (non-hydrogen) atoms. The van der Waals surface area contributed by atoms with E-state index in [0.717, 1.165) is 24.3 Å². The van der Waals surface area contributed by atoms with Gasteiger partial charge in [-0.3, -0.25) is 19.7 Å². The van der Waals surface area contributed by atoms with Gasteiger partial charge in [-0.05, 0) is 30.8 Å². The van der Waals surface area contributed by atoms with Crippen LogP contribution in [0.3, 0.4) is 0 Å². The van der Waals surface area contributed by atoms with Crippen molar-refractivity contribution >= 4 is 15.7 Å². The van der Waals surface area contributed by atoms with E-state index >= 15 is 0 Å². The Morgan fingerprint density at radius 2 is 2.04 bits per heavy atom. The van der Waals surface area contributed by atoms with Crippen LogP contribution in [0.1, 0.15) is 34.2 Å². The highest BCUT2D eigenvalue weighted by Crippen LogP contribution is 2.20. The number of aromatic nitrogens is 2. The maximum atomic E-state index is 12.3. The van der Waals surface area contributed by atoms with Gasteiger partial charge in [-0.2, -0.15) is 0 Å². The van der Waals surface area contributed by atoms with Crippen LogP contribution in [0.2, 0.25) is 0 Å². The molecule has 0 saturated carbocycles. The van der Waals surface area contributed by atoms with Crippen LogP contribution in [-0.4, -0.2) is 42.0 Å². The van der Waals surface area contributed by atoms with E-state index in [9.17, 15) is 13.2 Å². The first-order valence-electron chi connectivity index (χ1n) is 8.01. The summed E-state index contributed by atoms with van der Waals surface area (Å²) in [5, 5.41) is 2.79. The van der Waals surface area contributed by atoms with Crippen LogP contribution >= 0.6 is 0 Å². The molecule has 8 heteroatoms. The molecule has 132 valence electrons. The summed E-state index contributed by atoms with van der Waals surface area (Å²) < 4.78 is 23.5. The van der Waals surface area contributed by atoms with Crippen LogP contribution in [-0.2, 0) is 29.5 Å². The predicted octanol–water partition coefficient (Wildman–Crippen LogP) is 1.15. The molecule has 1 amide bonds. The largest absolute Gasteiger partial charge is 0.346 e. The second kappa shape index (κ2) is 6.89. The molecule has 0 fully saturated rings. The lowest BCUT2D eigenvalue weighted by Gasteiger charge is -2.07. The molecule has 0 aliphatic carbocycles. The Bertz CT molecular complexity index is 895. The monoisotopic (exact) mass is 360 g/mol. The molecular formula is C17H20N4O3S. The van der Waals surface area contributed by atoms with Gasteiger partial charge in [0.15, 0.2) is 9.84 Å². The van der Waals surface area contributed by atoms with Gasteiger partial charge in [0.05, 0.1) is 34.1 Å². The molecule has 1 N–H and O–H groups in total. The van der Waals surface area contributed by atoms with E-state index < -0.39 is 9.84 Å². The molecule has 0 aromatic carbocycles. The summed E-state index contributed by atoms with van der Waals surface area (Å²) in [5.41, 5.74) is 3.19. The molecule has 3 heterocycles. The molecule has 0 saturated heterocycles. The summed E-state index contributed by atoms with van der Waals surface area (Å²) in [4.78, 5) is 23.1. The van der Waals surface area contributed by atoms with Gasteiger partial charge in [-0.1, -0.05) is 6.92 Å². The molecule has 0 bridgehead atoms. The minimum absolute atomic E-state index is 0.0330. The third-order valence-corrected chi connectivity index (χ3v) is 5.87. The van der Waals surface area contributed by atoms with E-state index in [-0.39, 0.29) is 23.1 Å². The average Bonchev–Trinajstić information content (AvgIpc) is 2.99. The molecule has 2 aromatic rings. The summed E-state index contributed by atoms with van der Waals surface area (Å²) in [6.07, 6.45) is 2.91. The average molecular weight is 360 g/mol. The fourth-order valence-electron chi connectivity index (χ4n) is 2.68. The van der Waals surface area contributed by atoms with Gasteiger partial charge >= 0.3 is 0 Å². The molecular weight excluding hydrogens is 340 g/mol. The fraction of sp³-hybridized carbons (Fsp3) is 0.353. The molecule has 2 aromatic heterocycles. The molecule has 1 aliphatic heterocycles.